The predicted molar refractivity (Wildman–Crippen MR) is 119 cm³/mol. The molecule has 1 unspecified atom stereocenters. The summed E-state index contributed by atoms with van der Waals surface area (Å²) in [4.78, 5) is 11.6. The largest absolute Gasteiger partial charge is 0.437 e. The number of guanidine groups is 1. The molecule has 0 aliphatic heterocycles. The van der Waals surface area contributed by atoms with E-state index < -0.39 is 7.75 Å². The Balaban J connectivity index is 2.08. The minimum absolute atomic E-state index is 0.189. The lowest BCUT2D eigenvalue weighted by atomic mass is 10.2. The zero-order chi connectivity index (χ0) is 21.1. The lowest BCUT2D eigenvalue weighted by Crippen LogP contribution is -2.39. The van der Waals surface area contributed by atoms with Crippen molar-refractivity contribution >= 4 is 25.5 Å². The number of imidazole rings is 1. The van der Waals surface area contributed by atoms with E-state index in [4.69, 9.17) is 9.05 Å². The first kappa shape index (κ1) is 23.5. The number of nitrogens with one attached hydrogen (secondary N) is 2. The van der Waals surface area contributed by atoms with Gasteiger partial charge >= 0.3 is 7.75 Å². The molecule has 0 bridgehead atoms. The molecule has 10 heteroatoms. The van der Waals surface area contributed by atoms with Gasteiger partial charge in [0.05, 0.1) is 25.2 Å². The van der Waals surface area contributed by atoms with E-state index in [1.165, 1.54) is 0 Å². The van der Waals surface area contributed by atoms with Gasteiger partial charge < -0.3 is 10.3 Å². The molecule has 0 saturated heterocycles. The molecule has 0 radical (unpaired) electrons. The van der Waals surface area contributed by atoms with Gasteiger partial charge in [-0.25, -0.2) is 14.2 Å². The first-order chi connectivity index (χ1) is 14.0. The van der Waals surface area contributed by atoms with Crippen LogP contribution in [0, 0.1) is 6.92 Å². The van der Waals surface area contributed by atoms with E-state index in [0.29, 0.717) is 18.3 Å². The van der Waals surface area contributed by atoms with Crippen LogP contribution >= 0.6 is 19.5 Å². The molecule has 1 heterocycles. The molecule has 2 aromatic rings. The molecule has 0 aliphatic carbocycles. The number of H-pyrrole nitrogens is 1. The molecule has 2 N–H and O–H groups in total. The highest BCUT2D eigenvalue weighted by molar-refractivity contribution is 7.98. The SMILES string of the molecule is CCOP(=O)(OCc1ccccc1)N(CCSCc1nc[nH]c1C)C(=NC)NC. The second-order valence-corrected chi connectivity index (χ2v) is 9.13. The molecule has 0 amide bonds. The van der Waals surface area contributed by atoms with Crippen LogP contribution in [0.25, 0.3) is 0 Å². The Morgan fingerprint density at radius 1 is 1.34 bits per heavy atom. The molecule has 160 valence electrons. The lowest BCUT2D eigenvalue weighted by Gasteiger charge is -2.31. The Bertz CT molecular complexity index is 815. The Morgan fingerprint density at radius 2 is 2.10 bits per heavy atom. The van der Waals surface area contributed by atoms with Gasteiger partial charge in [0.1, 0.15) is 0 Å². The minimum Gasteiger partial charge on any atom is -0.359 e. The fraction of sp³-hybridized carbons (Fsp3) is 0.474. The quantitative estimate of drug-likeness (QED) is 0.238. The topological polar surface area (TPSA) is 91.8 Å². The van der Waals surface area contributed by atoms with Crippen molar-refractivity contribution in [1.29, 1.82) is 0 Å². The summed E-state index contributed by atoms with van der Waals surface area (Å²) >= 11 is 1.70. The summed E-state index contributed by atoms with van der Waals surface area (Å²) in [6.45, 7) is 4.71. The summed E-state index contributed by atoms with van der Waals surface area (Å²) in [5, 5.41) is 2.99. The van der Waals surface area contributed by atoms with Crippen molar-refractivity contribution in [3.63, 3.8) is 0 Å². The van der Waals surface area contributed by atoms with E-state index in [-0.39, 0.29) is 13.2 Å². The average Bonchev–Trinajstić information content (AvgIpc) is 3.14. The third-order valence-electron chi connectivity index (χ3n) is 4.13. The number of thioether (sulfide) groups is 1. The highest BCUT2D eigenvalue weighted by Gasteiger charge is 2.35. The number of aryl methyl sites for hydroxylation is 1. The van der Waals surface area contributed by atoms with E-state index in [9.17, 15) is 4.57 Å². The number of hydrogen-bond donors (Lipinski definition) is 2. The number of nitrogens with zero attached hydrogens (tertiary/aromatic N) is 3. The standard InChI is InChI=1S/C19H30N5O3PS/c1-5-26-28(25,27-13-17-9-7-6-8-10-17)24(19(20-3)21-4)11-12-29-14-18-16(2)22-15-23-18/h6-10,15H,5,11-14H2,1-4H3,(H,20,21)(H,22,23). The van der Waals surface area contributed by atoms with Gasteiger partial charge in [-0.1, -0.05) is 30.3 Å². The summed E-state index contributed by atoms with van der Waals surface area (Å²) in [5.74, 6) is 1.94. The zero-order valence-corrected chi connectivity index (χ0v) is 19.1. The second kappa shape index (κ2) is 12.0. The van der Waals surface area contributed by atoms with E-state index in [1.54, 1.807) is 43.8 Å². The molecule has 8 nitrogen and oxygen atoms in total. The molecular weight excluding hydrogens is 409 g/mol. The van der Waals surface area contributed by atoms with Crippen LogP contribution in [0.15, 0.2) is 41.7 Å². The van der Waals surface area contributed by atoms with Crippen LogP contribution in [0.2, 0.25) is 0 Å². The summed E-state index contributed by atoms with van der Waals surface area (Å²) in [5.41, 5.74) is 3.01. The van der Waals surface area contributed by atoms with Crippen LogP contribution in [0.5, 0.6) is 0 Å². The maximum Gasteiger partial charge on any atom is 0.437 e. The number of aromatic nitrogens is 2. The lowest BCUT2D eigenvalue weighted by molar-refractivity contribution is 0.175. The Morgan fingerprint density at radius 3 is 2.69 bits per heavy atom. The van der Waals surface area contributed by atoms with Gasteiger partial charge in [0.25, 0.3) is 0 Å². The monoisotopic (exact) mass is 439 g/mol. The van der Waals surface area contributed by atoms with Crippen molar-refractivity contribution in [3.05, 3.63) is 53.6 Å². The van der Waals surface area contributed by atoms with Crippen LogP contribution in [0.3, 0.4) is 0 Å². The molecule has 29 heavy (non-hydrogen) atoms. The van der Waals surface area contributed by atoms with Crippen LogP contribution < -0.4 is 5.32 Å². The highest BCUT2D eigenvalue weighted by Crippen LogP contribution is 2.52. The Hall–Kier alpha value is -1.80. The molecule has 0 fully saturated rings. The molecule has 1 aromatic heterocycles. The summed E-state index contributed by atoms with van der Waals surface area (Å²) in [7, 11) is -0.204. The number of rotatable bonds is 11. The Labute approximate surface area is 177 Å². The number of benzene rings is 1. The van der Waals surface area contributed by atoms with Crippen molar-refractivity contribution in [2.75, 3.05) is 33.0 Å². The van der Waals surface area contributed by atoms with Crippen LogP contribution in [-0.4, -0.2) is 53.6 Å². The number of hydrogen-bond acceptors (Lipinski definition) is 6. The van der Waals surface area contributed by atoms with E-state index >= 15 is 0 Å². The molecule has 1 atom stereocenters. The predicted octanol–water partition coefficient (Wildman–Crippen LogP) is 3.82. The average molecular weight is 440 g/mol. The fourth-order valence-electron chi connectivity index (χ4n) is 2.62. The highest BCUT2D eigenvalue weighted by atomic mass is 32.2. The first-order valence-electron chi connectivity index (χ1n) is 9.46. The van der Waals surface area contributed by atoms with Crippen molar-refractivity contribution < 1.29 is 13.6 Å². The van der Waals surface area contributed by atoms with Crippen molar-refractivity contribution in [2.24, 2.45) is 4.99 Å². The van der Waals surface area contributed by atoms with E-state index in [2.05, 4.69) is 20.3 Å². The summed E-state index contributed by atoms with van der Waals surface area (Å²) in [6, 6.07) is 9.62. The molecule has 0 aliphatic rings. The van der Waals surface area contributed by atoms with Gasteiger partial charge in [-0.15, -0.1) is 0 Å². The zero-order valence-electron chi connectivity index (χ0n) is 17.4. The smallest absolute Gasteiger partial charge is 0.359 e. The van der Waals surface area contributed by atoms with Crippen LogP contribution in [0.1, 0.15) is 23.9 Å². The van der Waals surface area contributed by atoms with Crippen LogP contribution in [0.4, 0.5) is 0 Å². The van der Waals surface area contributed by atoms with Gasteiger partial charge in [0.2, 0.25) is 5.96 Å². The molecule has 0 saturated carbocycles. The third kappa shape index (κ3) is 6.89. The van der Waals surface area contributed by atoms with Gasteiger partial charge in [-0.05, 0) is 19.4 Å². The molecule has 2 rings (SSSR count). The van der Waals surface area contributed by atoms with Crippen LogP contribution in [-0.2, 0) is 26.0 Å². The maximum atomic E-state index is 13.7. The number of aromatic amines is 1. The van der Waals surface area contributed by atoms with E-state index in [0.717, 1.165) is 22.7 Å². The molecular formula is C19H30N5O3PS. The third-order valence-corrected chi connectivity index (χ3v) is 7.10. The molecule has 0 spiro atoms. The van der Waals surface area contributed by atoms with E-state index in [1.807, 2.05) is 37.3 Å². The summed E-state index contributed by atoms with van der Waals surface area (Å²) in [6.07, 6.45) is 1.70. The van der Waals surface area contributed by atoms with Crippen molar-refractivity contribution in [2.45, 2.75) is 26.2 Å². The maximum absolute atomic E-state index is 13.7. The van der Waals surface area contributed by atoms with Gasteiger partial charge in [0, 0.05) is 37.8 Å². The van der Waals surface area contributed by atoms with Gasteiger partial charge in [0.15, 0.2) is 0 Å². The Kier molecular flexibility index (Phi) is 9.73. The second-order valence-electron chi connectivity index (χ2n) is 6.09. The fourth-order valence-corrected chi connectivity index (χ4v) is 5.46. The normalized spacial score (nSPS) is 13.9. The first-order valence-corrected chi connectivity index (χ1v) is 12.1. The molecule has 1 aromatic carbocycles. The van der Waals surface area contributed by atoms with Crippen molar-refractivity contribution in [1.82, 2.24) is 20.0 Å². The number of aliphatic imine (C=N–C) groups is 1. The van der Waals surface area contributed by atoms with Gasteiger partial charge in [-0.3, -0.25) is 14.0 Å². The van der Waals surface area contributed by atoms with Crippen molar-refractivity contribution in [3.8, 4) is 0 Å². The summed E-state index contributed by atoms with van der Waals surface area (Å²) < 4.78 is 26.7. The minimum atomic E-state index is -3.59. The van der Waals surface area contributed by atoms with Gasteiger partial charge in [-0.2, -0.15) is 11.8 Å².